The Hall–Kier alpha value is -3.09. The molecule has 0 radical (unpaired) electrons. The van der Waals surface area contributed by atoms with Crippen LogP contribution in [0.25, 0.3) is 11.0 Å². The maximum absolute atomic E-state index is 12.5. The molecule has 0 aliphatic carbocycles. The zero-order valence-corrected chi connectivity index (χ0v) is 16.3. The summed E-state index contributed by atoms with van der Waals surface area (Å²) < 4.78 is 0. The average molecular weight is 412 g/mol. The first-order valence-electron chi connectivity index (χ1n) is 8.44. The zero-order valence-electron chi connectivity index (χ0n) is 14.8. The number of imidazole rings is 1. The van der Waals surface area contributed by atoms with Crippen molar-refractivity contribution in [1.29, 1.82) is 0 Å². The molecular formula is C20H15Cl2N5O. The number of pyridine rings is 1. The first-order chi connectivity index (χ1) is 13.5. The van der Waals surface area contributed by atoms with E-state index in [9.17, 15) is 4.79 Å². The second kappa shape index (κ2) is 7.50. The van der Waals surface area contributed by atoms with Crippen molar-refractivity contribution in [2.75, 3.05) is 10.6 Å². The van der Waals surface area contributed by atoms with Crippen LogP contribution < -0.4 is 10.6 Å². The fourth-order valence-corrected chi connectivity index (χ4v) is 3.23. The Bertz CT molecular complexity index is 1170. The van der Waals surface area contributed by atoms with Gasteiger partial charge in [-0.3, -0.25) is 4.79 Å². The Balaban J connectivity index is 1.58. The van der Waals surface area contributed by atoms with Gasteiger partial charge in [-0.15, -0.1) is 0 Å². The number of aromatic amines is 1. The van der Waals surface area contributed by atoms with E-state index in [1.807, 2.05) is 13.0 Å². The molecule has 0 unspecified atom stereocenters. The molecule has 0 bridgehead atoms. The van der Waals surface area contributed by atoms with Gasteiger partial charge < -0.3 is 15.6 Å². The molecule has 2 aromatic heterocycles. The number of para-hydroxylation sites is 1. The van der Waals surface area contributed by atoms with Crippen molar-refractivity contribution in [2.45, 2.75) is 6.92 Å². The minimum absolute atomic E-state index is 0.258. The number of hydrogen-bond acceptors (Lipinski definition) is 4. The molecule has 0 saturated heterocycles. The van der Waals surface area contributed by atoms with E-state index in [1.165, 1.54) is 0 Å². The third kappa shape index (κ3) is 3.78. The predicted molar refractivity (Wildman–Crippen MR) is 113 cm³/mol. The van der Waals surface area contributed by atoms with E-state index in [0.717, 1.165) is 11.1 Å². The number of benzene rings is 2. The molecule has 3 N–H and O–H groups in total. The summed E-state index contributed by atoms with van der Waals surface area (Å²) in [6.07, 6.45) is 1.65. The number of nitrogens with one attached hydrogen (secondary N) is 3. The van der Waals surface area contributed by atoms with E-state index in [0.29, 0.717) is 38.6 Å². The number of amides is 1. The van der Waals surface area contributed by atoms with E-state index in [1.54, 1.807) is 48.7 Å². The number of nitrogens with zero attached hydrogens (tertiary/aromatic N) is 2. The molecule has 140 valence electrons. The van der Waals surface area contributed by atoms with Crippen LogP contribution in [0.4, 0.5) is 17.5 Å². The maximum atomic E-state index is 12.5. The summed E-state index contributed by atoms with van der Waals surface area (Å²) in [6, 6.07) is 14.1. The standard InChI is InChI=1S/C20H15Cl2N5O/c1-11-7-8-23-17(9-11)26-19(28)12-5-6-15-16(10-12)25-20(24-15)27-18-13(21)3-2-4-14(18)22/h2-10H,1H3,(H,23,26,28)(H2,24,25,27). The third-order valence-electron chi connectivity index (χ3n) is 4.11. The minimum atomic E-state index is -0.258. The van der Waals surface area contributed by atoms with Gasteiger partial charge >= 0.3 is 0 Å². The van der Waals surface area contributed by atoms with Crippen molar-refractivity contribution < 1.29 is 4.79 Å². The van der Waals surface area contributed by atoms with Crippen LogP contribution in [-0.2, 0) is 0 Å². The number of anilines is 3. The highest BCUT2D eigenvalue weighted by Crippen LogP contribution is 2.32. The van der Waals surface area contributed by atoms with Crippen LogP contribution in [0.15, 0.2) is 54.7 Å². The van der Waals surface area contributed by atoms with Gasteiger partial charge in [0.05, 0.1) is 26.8 Å². The van der Waals surface area contributed by atoms with Gasteiger partial charge in [-0.1, -0.05) is 29.3 Å². The summed E-state index contributed by atoms with van der Waals surface area (Å²) in [4.78, 5) is 24.3. The lowest BCUT2D eigenvalue weighted by Crippen LogP contribution is -2.12. The topological polar surface area (TPSA) is 82.7 Å². The quantitative estimate of drug-likeness (QED) is 0.409. The van der Waals surface area contributed by atoms with Crippen molar-refractivity contribution >= 4 is 57.6 Å². The van der Waals surface area contributed by atoms with Crippen molar-refractivity contribution in [2.24, 2.45) is 0 Å². The monoisotopic (exact) mass is 411 g/mol. The molecule has 0 aliphatic heterocycles. The molecule has 8 heteroatoms. The summed E-state index contributed by atoms with van der Waals surface area (Å²) in [5.41, 5.74) is 3.46. The lowest BCUT2D eigenvalue weighted by molar-refractivity contribution is 0.102. The molecule has 0 atom stereocenters. The molecule has 0 saturated carbocycles. The van der Waals surface area contributed by atoms with Gasteiger partial charge in [0, 0.05) is 11.8 Å². The smallest absolute Gasteiger partial charge is 0.256 e. The molecule has 0 fully saturated rings. The summed E-state index contributed by atoms with van der Waals surface area (Å²) in [6.45, 7) is 1.94. The Labute approximate surface area is 170 Å². The van der Waals surface area contributed by atoms with Gasteiger partial charge in [0.2, 0.25) is 5.95 Å². The molecule has 2 aromatic carbocycles. The first-order valence-corrected chi connectivity index (χ1v) is 9.20. The van der Waals surface area contributed by atoms with E-state index >= 15 is 0 Å². The highest BCUT2D eigenvalue weighted by Gasteiger charge is 2.12. The number of hydrogen-bond donors (Lipinski definition) is 3. The van der Waals surface area contributed by atoms with Crippen molar-refractivity contribution in [1.82, 2.24) is 15.0 Å². The van der Waals surface area contributed by atoms with Crippen LogP contribution in [0.3, 0.4) is 0 Å². The van der Waals surface area contributed by atoms with Crippen LogP contribution in [-0.4, -0.2) is 20.9 Å². The molecule has 28 heavy (non-hydrogen) atoms. The molecular weight excluding hydrogens is 397 g/mol. The van der Waals surface area contributed by atoms with E-state index in [-0.39, 0.29) is 5.91 Å². The normalized spacial score (nSPS) is 10.8. The number of H-pyrrole nitrogens is 1. The van der Waals surface area contributed by atoms with Gasteiger partial charge in [0.15, 0.2) is 0 Å². The molecule has 4 rings (SSSR count). The van der Waals surface area contributed by atoms with Crippen molar-refractivity contribution in [3.8, 4) is 0 Å². The van der Waals surface area contributed by atoms with Crippen molar-refractivity contribution in [3.63, 3.8) is 0 Å². The predicted octanol–water partition coefficient (Wildman–Crippen LogP) is 5.57. The van der Waals surface area contributed by atoms with Gasteiger partial charge in [0.25, 0.3) is 5.91 Å². The van der Waals surface area contributed by atoms with Crippen LogP contribution in [0, 0.1) is 6.92 Å². The summed E-state index contributed by atoms with van der Waals surface area (Å²) in [5.74, 6) is 0.720. The van der Waals surface area contributed by atoms with Gasteiger partial charge in [-0.2, -0.15) is 0 Å². The van der Waals surface area contributed by atoms with Crippen molar-refractivity contribution in [3.05, 3.63) is 75.9 Å². The minimum Gasteiger partial charge on any atom is -0.324 e. The fourth-order valence-electron chi connectivity index (χ4n) is 2.73. The molecule has 2 heterocycles. The van der Waals surface area contributed by atoms with E-state index in [4.69, 9.17) is 23.2 Å². The number of carbonyl (C=O) groups excluding carboxylic acids is 1. The Morgan fingerprint density at radius 2 is 1.86 bits per heavy atom. The third-order valence-corrected chi connectivity index (χ3v) is 4.74. The average Bonchev–Trinajstić information content (AvgIpc) is 3.06. The van der Waals surface area contributed by atoms with Crippen LogP contribution in [0.1, 0.15) is 15.9 Å². The van der Waals surface area contributed by atoms with E-state index in [2.05, 4.69) is 25.6 Å². The lowest BCUT2D eigenvalue weighted by atomic mass is 10.2. The number of halogens is 2. The number of aromatic nitrogens is 3. The van der Waals surface area contributed by atoms with Gasteiger partial charge in [-0.25, -0.2) is 9.97 Å². The zero-order chi connectivity index (χ0) is 19.7. The first kappa shape index (κ1) is 18.3. The lowest BCUT2D eigenvalue weighted by Gasteiger charge is -2.06. The highest BCUT2D eigenvalue weighted by molar-refractivity contribution is 6.39. The molecule has 6 nitrogen and oxygen atoms in total. The largest absolute Gasteiger partial charge is 0.324 e. The van der Waals surface area contributed by atoms with Gasteiger partial charge in [-0.05, 0) is 55.0 Å². The summed E-state index contributed by atoms with van der Waals surface area (Å²) in [7, 11) is 0. The second-order valence-corrected chi connectivity index (χ2v) is 7.03. The number of rotatable bonds is 4. The van der Waals surface area contributed by atoms with Crippen LogP contribution in [0.2, 0.25) is 10.0 Å². The fraction of sp³-hybridized carbons (Fsp3) is 0.0500. The Kier molecular flexibility index (Phi) is 4.90. The second-order valence-electron chi connectivity index (χ2n) is 6.21. The Morgan fingerprint density at radius 1 is 1.07 bits per heavy atom. The maximum Gasteiger partial charge on any atom is 0.256 e. The SMILES string of the molecule is Cc1ccnc(NC(=O)c2ccc3[nH]c(Nc4c(Cl)cccc4Cl)nc3c2)c1. The van der Waals surface area contributed by atoms with Crippen LogP contribution in [0.5, 0.6) is 0 Å². The molecule has 4 aromatic rings. The summed E-state index contributed by atoms with van der Waals surface area (Å²) in [5, 5.41) is 6.84. The molecule has 0 aliphatic rings. The number of carbonyl (C=O) groups is 1. The van der Waals surface area contributed by atoms with E-state index < -0.39 is 0 Å². The molecule has 1 amide bonds. The van der Waals surface area contributed by atoms with Crippen LogP contribution >= 0.6 is 23.2 Å². The number of fused-ring (bicyclic) bond motifs is 1. The summed E-state index contributed by atoms with van der Waals surface area (Å²) >= 11 is 12.4. The number of aryl methyl sites for hydroxylation is 1. The molecule has 0 spiro atoms. The van der Waals surface area contributed by atoms with Gasteiger partial charge in [0.1, 0.15) is 5.82 Å². The highest BCUT2D eigenvalue weighted by atomic mass is 35.5. The Morgan fingerprint density at radius 3 is 2.61 bits per heavy atom.